The van der Waals surface area contributed by atoms with Crippen LogP contribution in [0.4, 0.5) is 5.00 Å². The van der Waals surface area contributed by atoms with E-state index in [0.717, 1.165) is 22.0 Å². The number of anilines is 1. The van der Waals surface area contributed by atoms with Gasteiger partial charge in [-0.25, -0.2) is 9.59 Å². The first-order valence-corrected chi connectivity index (χ1v) is 9.80. The lowest BCUT2D eigenvalue weighted by Gasteiger charge is -2.12. The molecule has 0 bridgehead atoms. The van der Waals surface area contributed by atoms with Crippen molar-refractivity contribution in [3.63, 3.8) is 0 Å². The van der Waals surface area contributed by atoms with Gasteiger partial charge in [0, 0.05) is 0 Å². The summed E-state index contributed by atoms with van der Waals surface area (Å²) in [5.41, 5.74) is 0.625. The van der Waals surface area contributed by atoms with Gasteiger partial charge in [-0.1, -0.05) is 0 Å². The van der Waals surface area contributed by atoms with Gasteiger partial charge in [-0.15, -0.1) is 11.3 Å². The second-order valence-electron chi connectivity index (χ2n) is 6.14. The first-order valence-electron chi connectivity index (χ1n) is 8.98. The monoisotopic (exact) mass is 409 g/mol. The van der Waals surface area contributed by atoms with Gasteiger partial charge in [-0.05, 0) is 38.5 Å². The van der Waals surface area contributed by atoms with Gasteiger partial charge in [0.15, 0.2) is 12.3 Å². The number of rotatable bonds is 9. The molecule has 1 atom stereocenters. The van der Waals surface area contributed by atoms with Gasteiger partial charge in [-0.2, -0.15) is 0 Å². The van der Waals surface area contributed by atoms with Crippen LogP contribution in [-0.2, 0) is 20.8 Å². The van der Waals surface area contributed by atoms with Crippen molar-refractivity contribution >= 4 is 34.2 Å². The predicted molar refractivity (Wildman–Crippen MR) is 104 cm³/mol. The van der Waals surface area contributed by atoms with Gasteiger partial charge in [0.1, 0.15) is 16.4 Å². The summed E-state index contributed by atoms with van der Waals surface area (Å²) in [6.45, 7) is 6.14. The minimum absolute atomic E-state index is 0.161. The van der Waals surface area contributed by atoms with Crippen molar-refractivity contribution in [1.29, 1.82) is 0 Å². The third-order valence-corrected chi connectivity index (χ3v) is 5.05. The van der Waals surface area contributed by atoms with Crippen molar-refractivity contribution in [2.45, 2.75) is 27.3 Å². The molecule has 0 saturated heterocycles. The summed E-state index contributed by atoms with van der Waals surface area (Å²) in [7, 11) is 1.86. The van der Waals surface area contributed by atoms with E-state index in [1.54, 1.807) is 33.1 Å². The van der Waals surface area contributed by atoms with Crippen molar-refractivity contribution in [3.05, 3.63) is 40.2 Å². The molecule has 0 aromatic carbocycles. The summed E-state index contributed by atoms with van der Waals surface area (Å²) in [4.78, 5) is 38.2. The van der Waals surface area contributed by atoms with E-state index in [0.29, 0.717) is 12.1 Å². The van der Waals surface area contributed by atoms with Gasteiger partial charge >= 0.3 is 11.9 Å². The van der Waals surface area contributed by atoms with Crippen LogP contribution >= 0.6 is 11.3 Å². The molecule has 2 heterocycles. The molecule has 1 unspecified atom stereocenters. The van der Waals surface area contributed by atoms with Gasteiger partial charge in [-0.3, -0.25) is 4.79 Å². The number of hydrogen-bond donors (Lipinski definition) is 2. The summed E-state index contributed by atoms with van der Waals surface area (Å²) >= 11 is 1.01. The average molecular weight is 409 g/mol. The molecule has 0 saturated carbocycles. The molecule has 8 nitrogen and oxygen atoms in total. The van der Waals surface area contributed by atoms with E-state index in [4.69, 9.17) is 13.9 Å². The topological polar surface area (TPSA) is 99.3 Å². The Hall–Kier alpha value is -2.65. The zero-order valence-corrected chi connectivity index (χ0v) is 17.2. The largest absolute Gasteiger partial charge is 0.463 e. The maximum absolute atomic E-state index is 12.5. The molecule has 0 aliphatic carbocycles. The minimum Gasteiger partial charge on any atom is -0.463 e. The van der Waals surface area contributed by atoms with Crippen molar-refractivity contribution in [2.24, 2.45) is 0 Å². The number of nitrogens with one attached hydrogen (secondary N) is 2. The number of ether oxygens (including phenoxy) is 2. The minimum atomic E-state index is -0.585. The Kier molecular flexibility index (Phi) is 7.77. The van der Waals surface area contributed by atoms with Crippen LogP contribution in [0.3, 0.4) is 0 Å². The highest BCUT2D eigenvalue weighted by Gasteiger charge is 2.27. The SMILES string of the molecule is CCOC(=O)c1sc(NC(=O)C[NH+](C)Cc2ccco2)c(C(=O)OCC)c1C. The predicted octanol–water partition coefficient (Wildman–Crippen LogP) is 1.66. The lowest BCUT2D eigenvalue weighted by Crippen LogP contribution is -3.08. The Balaban J connectivity index is 2.17. The summed E-state index contributed by atoms with van der Waals surface area (Å²) in [6, 6.07) is 3.63. The maximum atomic E-state index is 12.5. The maximum Gasteiger partial charge on any atom is 0.348 e. The highest BCUT2D eigenvalue weighted by Crippen LogP contribution is 2.34. The number of amides is 1. The molecule has 2 N–H and O–H groups in total. The third-order valence-electron chi connectivity index (χ3n) is 3.86. The van der Waals surface area contributed by atoms with Crippen LogP contribution in [0.15, 0.2) is 22.8 Å². The molecular formula is C19H25N2O6S+. The zero-order valence-electron chi connectivity index (χ0n) is 16.4. The van der Waals surface area contributed by atoms with E-state index >= 15 is 0 Å². The number of furan rings is 1. The quantitative estimate of drug-likeness (QED) is 0.611. The van der Waals surface area contributed by atoms with Crippen molar-refractivity contribution in [3.8, 4) is 0 Å². The number of esters is 2. The number of hydrogen-bond acceptors (Lipinski definition) is 7. The van der Waals surface area contributed by atoms with E-state index in [2.05, 4.69) is 5.32 Å². The van der Waals surface area contributed by atoms with Gasteiger partial charge in [0.25, 0.3) is 5.91 Å². The highest BCUT2D eigenvalue weighted by atomic mass is 32.1. The Bertz CT molecular complexity index is 828. The van der Waals surface area contributed by atoms with Crippen molar-refractivity contribution < 1.29 is 33.2 Å². The van der Waals surface area contributed by atoms with E-state index in [-0.39, 0.29) is 41.1 Å². The van der Waals surface area contributed by atoms with Crippen LogP contribution in [0.1, 0.15) is 45.2 Å². The fraction of sp³-hybridized carbons (Fsp3) is 0.421. The molecule has 0 aliphatic heterocycles. The van der Waals surface area contributed by atoms with E-state index in [1.165, 1.54) is 0 Å². The first-order chi connectivity index (χ1) is 13.4. The molecule has 2 aromatic rings. The number of quaternary nitrogens is 1. The Morgan fingerprint density at radius 1 is 1.18 bits per heavy atom. The molecule has 2 rings (SSSR count). The Morgan fingerprint density at radius 3 is 2.46 bits per heavy atom. The Labute approximate surface area is 167 Å². The van der Waals surface area contributed by atoms with E-state index < -0.39 is 11.9 Å². The zero-order chi connectivity index (χ0) is 20.7. The van der Waals surface area contributed by atoms with E-state index in [9.17, 15) is 14.4 Å². The molecule has 28 heavy (non-hydrogen) atoms. The standard InChI is InChI=1S/C19H24N2O6S/c1-5-25-18(23)15-12(3)16(19(24)26-6-2)28-17(15)20-14(22)11-21(4)10-13-8-7-9-27-13/h7-9H,5-6,10-11H2,1-4H3,(H,20,22)/p+1. The summed E-state index contributed by atoms with van der Waals surface area (Å²) in [6.07, 6.45) is 1.58. The summed E-state index contributed by atoms with van der Waals surface area (Å²) < 4.78 is 15.4. The van der Waals surface area contributed by atoms with Gasteiger partial charge in [0.05, 0.1) is 32.1 Å². The summed E-state index contributed by atoms with van der Waals surface area (Å²) in [5, 5.41) is 3.02. The van der Waals surface area contributed by atoms with E-state index in [1.807, 2.05) is 13.1 Å². The van der Waals surface area contributed by atoms with Gasteiger partial charge < -0.3 is 24.1 Å². The lowest BCUT2D eigenvalue weighted by atomic mass is 10.1. The third kappa shape index (κ3) is 5.43. The molecule has 1 amide bonds. The average Bonchev–Trinajstić information content (AvgIpc) is 3.23. The normalized spacial score (nSPS) is 11.7. The smallest absolute Gasteiger partial charge is 0.348 e. The van der Waals surface area contributed by atoms with Crippen LogP contribution in [-0.4, -0.2) is 44.7 Å². The second kappa shape index (κ2) is 10.0. The van der Waals surface area contributed by atoms with Crippen LogP contribution < -0.4 is 10.2 Å². The molecule has 0 spiro atoms. The number of carbonyl (C=O) groups is 3. The summed E-state index contributed by atoms with van der Waals surface area (Å²) in [5.74, 6) is -0.629. The highest BCUT2D eigenvalue weighted by molar-refractivity contribution is 7.18. The fourth-order valence-electron chi connectivity index (χ4n) is 2.66. The lowest BCUT2D eigenvalue weighted by molar-refractivity contribution is -0.886. The first kappa shape index (κ1) is 21.6. The van der Waals surface area contributed by atoms with Gasteiger partial charge in [0.2, 0.25) is 0 Å². The van der Waals surface area contributed by atoms with Crippen molar-refractivity contribution in [1.82, 2.24) is 0 Å². The van der Waals surface area contributed by atoms with Crippen LogP contribution in [0.2, 0.25) is 0 Å². The molecule has 0 fully saturated rings. The van der Waals surface area contributed by atoms with Crippen LogP contribution in [0, 0.1) is 6.92 Å². The van der Waals surface area contributed by atoms with Crippen LogP contribution in [0.5, 0.6) is 0 Å². The molecule has 152 valence electrons. The molecule has 9 heteroatoms. The van der Waals surface area contributed by atoms with Crippen molar-refractivity contribution in [2.75, 3.05) is 32.1 Å². The Morgan fingerprint density at radius 2 is 1.86 bits per heavy atom. The van der Waals surface area contributed by atoms with Crippen LogP contribution in [0.25, 0.3) is 0 Å². The number of carbonyl (C=O) groups excluding carboxylic acids is 3. The molecule has 0 radical (unpaired) electrons. The fourth-order valence-corrected chi connectivity index (χ4v) is 3.76. The number of likely N-dealkylation sites (N-methyl/N-ethyl adjacent to an activating group) is 1. The number of thiophene rings is 1. The molecular weight excluding hydrogens is 384 g/mol. The second-order valence-corrected chi connectivity index (χ2v) is 7.16. The molecule has 0 aliphatic rings. The molecule has 2 aromatic heterocycles.